The minimum absolute atomic E-state index is 0.669. The summed E-state index contributed by atoms with van der Waals surface area (Å²) in [5.74, 6) is 2.74. The van der Waals surface area contributed by atoms with E-state index >= 15 is 0 Å². The number of piperidine rings is 3. The van der Waals surface area contributed by atoms with Crippen LogP contribution in [0.2, 0.25) is 0 Å². The van der Waals surface area contributed by atoms with Gasteiger partial charge in [0.1, 0.15) is 0 Å². The summed E-state index contributed by atoms with van der Waals surface area (Å²) in [5, 5.41) is 0. The van der Waals surface area contributed by atoms with E-state index in [2.05, 4.69) is 24.5 Å². The van der Waals surface area contributed by atoms with E-state index in [0.29, 0.717) is 5.54 Å². The fraction of sp³-hybridized carbons (Fsp3) is 0.833. The van der Waals surface area contributed by atoms with Gasteiger partial charge in [-0.25, -0.2) is 0 Å². The molecular formula is C12H19N. The first-order valence-corrected chi connectivity index (χ1v) is 5.64. The highest BCUT2D eigenvalue weighted by Gasteiger charge is 2.60. The molecule has 0 radical (unpaired) electrons. The second-order valence-corrected chi connectivity index (χ2v) is 5.31. The van der Waals surface area contributed by atoms with Gasteiger partial charge in [-0.3, -0.25) is 4.90 Å². The third kappa shape index (κ3) is 0.914. The smallest absolute Gasteiger partial charge is 0.0242 e. The first kappa shape index (κ1) is 8.05. The van der Waals surface area contributed by atoms with Crippen LogP contribution >= 0.6 is 0 Å². The molecule has 1 heteroatoms. The highest BCUT2D eigenvalue weighted by atomic mass is 15.3. The van der Waals surface area contributed by atoms with Crippen LogP contribution in [0.3, 0.4) is 0 Å². The Bertz CT molecular complexity index is 248. The molecule has 0 aromatic heterocycles. The van der Waals surface area contributed by atoms with E-state index in [9.17, 15) is 0 Å². The molecule has 72 valence electrons. The summed E-state index contributed by atoms with van der Waals surface area (Å²) in [6, 6.07) is 0. The van der Waals surface area contributed by atoms with E-state index in [1.807, 2.05) is 0 Å². The molecule has 1 nitrogen and oxygen atoms in total. The zero-order valence-electron chi connectivity index (χ0n) is 8.50. The van der Waals surface area contributed by atoms with Crippen LogP contribution in [-0.4, -0.2) is 23.5 Å². The topological polar surface area (TPSA) is 3.24 Å². The highest BCUT2D eigenvalue weighted by Crippen LogP contribution is 2.58. The second kappa shape index (κ2) is 2.38. The molecule has 3 aliphatic heterocycles. The summed E-state index contributed by atoms with van der Waals surface area (Å²) < 4.78 is 0. The quantitative estimate of drug-likeness (QED) is 0.555. The van der Waals surface area contributed by atoms with Crippen LogP contribution in [0.5, 0.6) is 0 Å². The van der Waals surface area contributed by atoms with Crippen molar-refractivity contribution in [1.29, 1.82) is 0 Å². The van der Waals surface area contributed by atoms with E-state index in [1.165, 1.54) is 32.4 Å². The van der Waals surface area contributed by atoms with Gasteiger partial charge in [0.15, 0.2) is 0 Å². The molecule has 1 aliphatic carbocycles. The molecule has 1 spiro atoms. The van der Waals surface area contributed by atoms with Crippen LogP contribution in [-0.2, 0) is 0 Å². The Labute approximate surface area is 80.8 Å². The molecule has 4 rings (SSSR count). The van der Waals surface area contributed by atoms with Gasteiger partial charge in [0.2, 0.25) is 0 Å². The monoisotopic (exact) mass is 177 g/mol. The largest absolute Gasteiger partial charge is 0.297 e. The van der Waals surface area contributed by atoms with E-state index in [1.54, 1.807) is 0 Å². The van der Waals surface area contributed by atoms with Crippen molar-refractivity contribution in [2.24, 2.45) is 17.8 Å². The second-order valence-electron chi connectivity index (χ2n) is 5.31. The van der Waals surface area contributed by atoms with Crippen LogP contribution in [0.4, 0.5) is 0 Å². The Morgan fingerprint density at radius 1 is 1.46 bits per heavy atom. The molecule has 13 heavy (non-hydrogen) atoms. The summed E-state index contributed by atoms with van der Waals surface area (Å²) in [5.41, 5.74) is 0.669. The van der Waals surface area contributed by atoms with Crippen molar-refractivity contribution in [3.05, 3.63) is 12.7 Å². The Hall–Kier alpha value is -0.300. The summed E-state index contributed by atoms with van der Waals surface area (Å²) >= 11 is 0. The maximum Gasteiger partial charge on any atom is 0.0242 e. The third-order valence-electron chi connectivity index (χ3n) is 4.77. The van der Waals surface area contributed by atoms with Gasteiger partial charge in [0, 0.05) is 12.1 Å². The average Bonchev–Trinajstić information content (AvgIpc) is 2.77. The van der Waals surface area contributed by atoms with Gasteiger partial charge in [-0.1, -0.05) is 13.0 Å². The minimum Gasteiger partial charge on any atom is -0.297 e. The van der Waals surface area contributed by atoms with Crippen molar-refractivity contribution in [3.8, 4) is 0 Å². The fourth-order valence-electron chi connectivity index (χ4n) is 3.74. The lowest BCUT2D eigenvalue weighted by Crippen LogP contribution is -2.55. The Kier molecular flexibility index (Phi) is 1.48. The van der Waals surface area contributed by atoms with Gasteiger partial charge >= 0.3 is 0 Å². The van der Waals surface area contributed by atoms with Crippen molar-refractivity contribution in [2.75, 3.05) is 13.1 Å². The lowest BCUT2D eigenvalue weighted by atomic mass is 9.74. The van der Waals surface area contributed by atoms with Gasteiger partial charge < -0.3 is 0 Å². The Morgan fingerprint density at radius 3 is 2.69 bits per heavy atom. The Morgan fingerprint density at radius 2 is 2.23 bits per heavy atom. The number of fused-ring (bicyclic) bond motifs is 2. The summed E-state index contributed by atoms with van der Waals surface area (Å²) in [6.07, 6.45) is 6.54. The van der Waals surface area contributed by atoms with E-state index in [4.69, 9.17) is 0 Å². The van der Waals surface area contributed by atoms with Gasteiger partial charge in [0.05, 0.1) is 0 Å². The molecule has 0 aromatic rings. The summed E-state index contributed by atoms with van der Waals surface area (Å²) in [6.45, 7) is 9.05. The molecule has 1 saturated carbocycles. The van der Waals surface area contributed by atoms with Crippen molar-refractivity contribution < 1.29 is 0 Å². The zero-order valence-corrected chi connectivity index (χ0v) is 8.50. The van der Waals surface area contributed by atoms with Crippen molar-refractivity contribution in [2.45, 2.75) is 31.7 Å². The molecule has 0 N–H and O–H groups in total. The standard InChI is InChI=1S/C12H19N/c1-3-10-8-13-5-4-11(10)7-12(13)6-9(12)2/h3,9-11H,1,4-8H2,2H3. The number of hydrogen-bond acceptors (Lipinski definition) is 1. The van der Waals surface area contributed by atoms with Crippen LogP contribution < -0.4 is 0 Å². The molecule has 0 aromatic carbocycles. The average molecular weight is 177 g/mol. The molecule has 3 saturated heterocycles. The molecular weight excluding hydrogens is 158 g/mol. The zero-order chi connectivity index (χ0) is 9.05. The Balaban J connectivity index is 1.84. The lowest BCUT2D eigenvalue weighted by Gasteiger charge is -2.50. The lowest BCUT2D eigenvalue weighted by molar-refractivity contribution is -0.00264. The molecule has 5 atom stereocenters. The maximum absolute atomic E-state index is 3.96. The molecule has 4 fully saturated rings. The predicted molar refractivity (Wildman–Crippen MR) is 54.5 cm³/mol. The van der Waals surface area contributed by atoms with E-state index in [-0.39, 0.29) is 0 Å². The van der Waals surface area contributed by atoms with Gasteiger partial charge in [0.25, 0.3) is 0 Å². The highest BCUT2D eigenvalue weighted by molar-refractivity contribution is 5.17. The van der Waals surface area contributed by atoms with Crippen molar-refractivity contribution in [3.63, 3.8) is 0 Å². The molecule has 5 unspecified atom stereocenters. The predicted octanol–water partition coefficient (Wildman–Crippen LogP) is 2.29. The minimum atomic E-state index is 0.669. The number of hydrogen-bond donors (Lipinski definition) is 0. The maximum atomic E-state index is 3.96. The fourth-order valence-corrected chi connectivity index (χ4v) is 3.74. The SMILES string of the molecule is C=CC1CN2CCC1CC21CC1C. The van der Waals surface area contributed by atoms with Crippen LogP contribution in [0.25, 0.3) is 0 Å². The van der Waals surface area contributed by atoms with E-state index in [0.717, 1.165) is 17.8 Å². The normalized spacial score (nSPS) is 58.2. The van der Waals surface area contributed by atoms with Crippen molar-refractivity contribution in [1.82, 2.24) is 4.90 Å². The van der Waals surface area contributed by atoms with Gasteiger partial charge in [-0.2, -0.15) is 0 Å². The number of rotatable bonds is 1. The van der Waals surface area contributed by atoms with Crippen LogP contribution in [0.1, 0.15) is 26.2 Å². The molecule has 2 bridgehead atoms. The van der Waals surface area contributed by atoms with Crippen molar-refractivity contribution >= 4 is 0 Å². The first-order valence-electron chi connectivity index (χ1n) is 5.64. The molecule has 4 aliphatic rings. The van der Waals surface area contributed by atoms with Gasteiger partial charge in [-0.05, 0) is 43.6 Å². The van der Waals surface area contributed by atoms with Crippen LogP contribution in [0, 0.1) is 17.8 Å². The molecule has 0 amide bonds. The van der Waals surface area contributed by atoms with E-state index < -0.39 is 0 Å². The third-order valence-corrected chi connectivity index (χ3v) is 4.77. The first-order chi connectivity index (χ1) is 6.26. The van der Waals surface area contributed by atoms with Crippen LogP contribution in [0.15, 0.2) is 12.7 Å². The summed E-state index contributed by atoms with van der Waals surface area (Å²) in [4.78, 5) is 2.75. The molecule has 3 heterocycles. The van der Waals surface area contributed by atoms with Gasteiger partial charge in [-0.15, -0.1) is 6.58 Å². The number of nitrogens with zero attached hydrogens (tertiary/aromatic N) is 1. The summed E-state index contributed by atoms with van der Waals surface area (Å²) in [7, 11) is 0.